The Morgan fingerprint density at radius 2 is 1.42 bits per heavy atom. The monoisotopic (exact) mass is 783 g/mol. The molecule has 0 amide bonds. The first kappa shape index (κ1) is 37.9. The highest BCUT2D eigenvalue weighted by Gasteiger charge is 2.35. The van der Waals surface area contributed by atoms with Crippen LogP contribution in [0.1, 0.15) is 48.9 Å². The summed E-state index contributed by atoms with van der Waals surface area (Å²) in [5.41, 5.74) is 5.43. The number of rotatable bonds is 12. The van der Waals surface area contributed by atoms with E-state index in [1.165, 1.54) is 12.1 Å². The minimum Gasteiger partial charge on any atom is -0.480 e. The van der Waals surface area contributed by atoms with Gasteiger partial charge in [-0.25, -0.2) is 9.97 Å². The van der Waals surface area contributed by atoms with Crippen molar-refractivity contribution in [1.82, 2.24) is 19.8 Å². The van der Waals surface area contributed by atoms with Crippen LogP contribution in [0, 0.1) is 23.7 Å². The highest BCUT2D eigenvalue weighted by molar-refractivity contribution is 5.87. The van der Waals surface area contributed by atoms with Crippen molar-refractivity contribution in [3.8, 4) is 51.6 Å². The fraction of sp³-hybridized carbons (Fsp3) is 0.333. The van der Waals surface area contributed by atoms with Gasteiger partial charge in [0.1, 0.15) is 34.6 Å². The Bertz CT molecular complexity index is 2550. The summed E-state index contributed by atoms with van der Waals surface area (Å²) in [6.07, 6.45) is 1.10. The quantitative estimate of drug-likeness (QED) is 0.119. The molecule has 0 aliphatic carbocycles. The van der Waals surface area contributed by atoms with Crippen molar-refractivity contribution < 1.29 is 45.8 Å². The summed E-state index contributed by atoms with van der Waals surface area (Å²) in [5.74, 6) is -0.798. The number of oxazole rings is 2. The van der Waals surface area contributed by atoms with Crippen LogP contribution in [0.25, 0.3) is 56.2 Å². The second-order valence-corrected chi connectivity index (χ2v) is 15.2. The molecule has 2 aliphatic rings. The van der Waals surface area contributed by atoms with Gasteiger partial charge in [-0.3, -0.25) is 14.6 Å². The SMILES string of the molecule is Cc1c(-c2nc3cc(CN4CC(C)(C)C4)c(OC(F)F)cc3o2)cccc1-c1cccc(-c2nc3cc(CN4CCC[C@H]4C(=O)O)c(OC(F)F)cc3o2)c1C#N. The van der Waals surface area contributed by atoms with Crippen LogP contribution >= 0.6 is 0 Å². The molecule has 1 N–H and O–H groups in total. The molecule has 2 aliphatic heterocycles. The molecule has 1 atom stereocenters. The number of aliphatic carboxylic acids is 1. The number of fused-ring (bicyclic) bond motifs is 2. The highest BCUT2D eigenvalue weighted by atomic mass is 19.3. The average molecular weight is 784 g/mol. The largest absolute Gasteiger partial charge is 0.480 e. The molecule has 0 bridgehead atoms. The highest BCUT2D eigenvalue weighted by Crippen LogP contribution is 2.40. The molecular weight excluding hydrogens is 746 g/mol. The third kappa shape index (κ3) is 7.50. The van der Waals surface area contributed by atoms with E-state index in [0.717, 1.165) is 18.7 Å². The van der Waals surface area contributed by atoms with Crippen molar-refractivity contribution in [3.05, 3.63) is 82.9 Å². The molecular formula is C42H37F4N5O6. The number of hydrogen-bond acceptors (Lipinski definition) is 10. The van der Waals surface area contributed by atoms with E-state index in [-0.39, 0.29) is 52.0 Å². The van der Waals surface area contributed by atoms with E-state index in [1.54, 1.807) is 41.3 Å². The van der Waals surface area contributed by atoms with Gasteiger partial charge in [0.2, 0.25) is 11.8 Å². The number of carboxylic acids is 1. The minimum absolute atomic E-state index is 0.0254. The number of aromatic nitrogens is 2. The average Bonchev–Trinajstić information content (AvgIpc) is 3.89. The van der Waals surface area contributed by atoms with E-state index in [0.29, 0.717) is 70.3 Å². The summed E-state index contributed by atoms with van der Waals surface area (Å²) in [7, 11) is 0. The second kappa shape index (κ2) is 14.8. The molecule has 0 radical (unpaired) electrons. The van der Waals surface area contributed by atoms with Gasteiger partial charge in [-0.15, -0.1) is 0 Å². The van der Waals surface area contributed by atoms with Gasteiger partial charge < -0.3 is 23.4 Å². The van der Waals surface area contributed by atoms with Crippen LogP contribution in [0.15, 0.2) is 69.5 Å². The van der Waals surface area contributed by atoms with Crippen molar-refractivity contribution >= 4 is 28.2 Å². The van der Waals surface area contributed by atoms with Crippen LogP contribution in [0.2, 0.25) is 0 Å². The lowest BCUT2D eigenvalue weighted by atomic mass is 9.84. The normalized spacial score (nSPS) is 17.1. The Hall–Kier alpha value is -5.98. The Morgan fingerprint density at radius 1 is 0.877 bits per heavy atom. The third-order valence-corrected chi connectivity index (χ3v) is 10.6. The van der Waals surface area contributed by atoms with Crippen molar-refractivity contribution in [2.75, 3.05) is 19.6 Å². The molecule has 2 fully saturated rings. The lowest BCUT2D eigenvalue weighted by Crippen LogP contribution is -2.52. The summed E-state index contributed by atoms with van der Waals surface area (Å²) >= 11 is 0. The van der Waals surface area contributed by atoms with Crippen LogP contribution in [0.3, 0.4) is 0 Å². The van der Waals surface area contributed by atoms with Gasteiger partial charge in [0, 0.05) is 60.6 Å². The molecule has 57 heavy (non-hydrogen) atoms. The second-order valence-electron chi connectivity index (χ2n) is 15.2. The minimum atomic E-state index is -3.13. The van der Waals surface area contributed by atoms with Crippen molar-refractivity contribution in [3.63, 3.8) is 0 Å². The lowest BCUT2D eigenvalue weighted by molar-refractivity contribution is -0.142. The molecule has 8 rings (SSSR count). The predicted octanol–water partition coefficient (Wildman–Crippen LogP) is 9.24. The van der Waals surface area contributed by atoms with Crippen LogP contribution in [0.5, 0.6) is 11.5 Å². The summed E-state index contributed by atoms with van der Waals surface area (Å²) in [4.78, 5) is 25.0. The molecule has 4 aromatic carbocycles. The van der Waals surface area contributed by atoms with Gasteiger partial charge in [0.15, 0.2) is 11.2 Å². The van der Waals surface area contributed by atoms with Gasteiger partial charge >= 0.3 is 19.2 Å². The van der Waals surface area contributed by atoms with E-state index < -0.39 is 25.2 Å². The lowest BCUT2D eigenvalue weighted by Gasteiger charge is -2.46. The van der Waals surface area contributed by atoms with Gasteiger partial charge in [-0.2, -0.15) is 22.8 Å². The number of nitriles is 1. The molecule has 0 unspecified atom stereocenters. The van der Waals surface area contributed by atoms with E-state index in [4.69, 9.17) is 23.3 Å². The van der Waals surface area contributed by atoms with Crippen LogP contribution in [0.4, 0.5) is 17.6 Å². The molecule has 2 saturated heterocycles. The van der Waals surface area contributed by atoms with Gasteiger partial charge in [0.25, 0.3) is 0 Å². The molecule has 2 aromatic heterocycles. The van der Waals surface area contributed by atoms with E-state index in [1.807, 2.05) is 19.1 Å². The maximum absolute atomic E-state index is 13.5. The molecule has 15 heteroatoms. The topological polar surface area (TPSA) is 138 Å². The molecule has 294 valence electrons. The number of likely N-dealkylation sites (tertiary alicyclic amines) is 2. The fourth-order valence-corrected chi connectivity index (χ4v) is 8.15. The first-order chi connectivity index (χ1) is 27.3. The number of halogens is 4. The number of nitrogens with zero attached hydrogens (tertiary/aromatic N) is 5. The molecule has 6 aromatic rings. The zero-order chi connectivity index (χ0) is 40.2. The summed E-state index contributed by atoms with van der Waals surface area (Å²) in [6.45, 7) is 2.59. The number of ether oxygens (including phenoxy) is 2. The van der Waals surface area contributed by atoms with Gasteiger partial charge in [-0.05, 0) is 67.1 Å². The molecule has 11 nitrogen and oxygen atoms in total. The fourth-order valence-electron chi connectivity index (χ4n) is 8.15. The van der Waals surface area contributed by atoms with Gasteiger partial charge in [-0.1, -0.05) is 38.1 Å². The van der Waals surface area contributed by atoms with Crippen LogP contribution in [-0.4, -0.2) is 69.7 Å². The number of hydrogen-bond donors (Lipinski definition) is 1. The first-order valence-electron chi connectivity index (χ1n) is 18.4. The molecule has 0 saturated carbocycles. The van der Waals surface area contributed by atoms with E-state index in [9.17, 15) is 32.7 Å². The van der Waals surface area contributed by atoms with Gasteiger partial charge in [0.05, 0.1) is 11.1 Å². The summed E-state index contributed by atoms with van der Waals surface area (Å²) in [5, 5.41) is 20.2. The maximum Gasteiger partial charge on any atom is 0.387 e. The van der Waals surface area contributed by atoms with Crippen LogP contribution < -0.4 is 9.47 Å². The Kier molecular flexibility index (Phi) is 9.87. The Balaban J connectivity index is 1.14. The first-order valence-corrected chi connectivity index (χ1v) is 18.4. The third-order valence-electron chi connectivity index (χ3n) is 10.6. The Morgan fingerprint density at radius 3 is 1.98 bits per heavy atom. The summed E-state index contributed by atoms with van der Waals surface area (Å²) in [6, 6.07) is 18.2. The van der Waals surface area contributed by atoms with Crippen molar-refractivity contribution in [1.29, 1.82) is 5.26 Å². The predicted molar refractivity (Wildman–Crippen MR) is 201 cm³/mol. The van der Waals surface area contributed by atoms with Crippen molar-refractivity contribution in [2.45, 2.75) is 66.0 Å². The zero-order valence-electron chi connectivity index (χ0n) is 31.2. The molecule has 0 spiro atoms. The molecule has 4 heterocycles. The van der Waals surface area contributed by atoms with Crippen LogP contribution in [-0.2, 0) is 17.9 Å². The number of carbonyl (C=O) groups is 1. The van der Waals surface area contributed by atoms with E-state index >= 15 is 0 Å². The standard InChI is InChI=1S/C42H37F4N5O6/c1-22-25(7-4-8-26(22)37-48-30-13-23(18-50-20-42(2,3)21-50)33(56-40(43)44)15-35(30)54-37)27-9-5-10-28(29(27)17-47)38-49-31-14-24(19-51-12-6-11-32(51)39(52)53)34(57-41(45)46)16-36(31)55-38/h4-5,7-10,13-16,32,40-41H,6,11-12,18-21H2,1-3H3,(H,52,53)/t32-/m0/s1. The summed E-state index contributed by atoms with van der Waals surface area (Å²) < 4.78 is 75.9. The smallest absolute Gasteiger partial charge is 0.387 e. The number of alkyl halides is 4. The van der Waals surface area contributed by atoms with E-state index in [2.05, 4.69) is 29.8 Å². The number of carboxylic acid groups (broad SMARTS) is 1. The Labute approximate surface area is 324 Å². The number of benzene rings is 4. The van der Waals surface area contributed by atoms with Crippen molar-refractivity contribution in [2.24, 2.45) is 5.41 Å². The maximum atomic E-state index is 13.5. The zero-order valence-corrected chi connectivity index (χ0v) is 31.2.